The molecule has 1 aliphatic rings. The van der Waals surface area contributed by atoms with Crippen molar-refractivity contribution < 1.29 is 0 Å². The Labute approximate surface area is 352 Å². The van der Waals surface area contributed by atoms with Gasteiger partial charge >= 0.3 is 0 Å². The van der Waals surface area contributed by atoms with Gasteiger partial charge in [-0.3, -0.25) is 4.99 Å². The van der Waals surface area contributed by atoms with E-state index in [-0.39, 0.29) is 12.0 Å². The van der Waals surface area contributed by atoms with E-state index in [2.05, 4.69) is 171 Å². The zero-order valence-corrected chi connectivity index (χ0v) is 34.4. The van der Waals surface area contributed by atoms with E-state index in [1.54, 1.807) is 11.3 Å². The number of hydrogen-bond donors (Lipinski definition) is 0. The van der Waals surface area contributed by atoms with Crippen LogP contribution in [0.1, 0.15) is 36.1 Å². The molecule has 280 valence electrons. The molecule has 11 aromatic rings. The highest BCUT2D eigenvalue weighted by Gasteiger charge is 2.33. The normalized spacial score (nSPS) is 15.8. The Morgan fingerprint density at radius 3 is 2.00 bits per heavy atom. The minimum Gasteiger partial charge on any atom is -0.257 e. The van der Waals surface area contributed by atoms with Crippen molar-refractivity contribution in [1.29, 1.82) is 0 Å². The lowest BCUT2D eigenvalue weighted by atomic mass is 9.82. The Morgan fingerprint density at radius 2 is 1.17 bits per heavy atom. The molecule has 4 aromatic heterocycles. The lowest BCUT2D eigenvalue weighted by molar-refractivity contribution is 0.533. The van der Waals surface area contributed by atoms with E-state index in [9.17, 15) is 0 Å². The zero-order chi connectivity index (χ0) is 39.0. The van der Waals surface area contributed by atoms with E-state index in [0.717, 1.165) is 61.8 Å². The van der Waals surface area contributed by atoms with Crippen molar-refractivity contribution in [1.82, 2.24) is 9.97 Å². The molecule has 59 heavy (non-hydrogen) atoms. The smallest absolute Gasteiger partial charge is 0.161 e. The summed E-state index contributed by atoms with van der Waals surface area (Å²) in [6, 6.07) is 58.6. The van der Waals surface area contributed by atoms with Gasteiger partial charge in [0.1, 0.15) is 0 Å². The first-order valence-electron chi connectivity index (χ1n) is 20.0. The van der Waals surface area contributed by atoms with Crippen molar-refractivity contribution in [3.05, 3.63) is 180 Å². The van der Waals surface area contributed by atoms with Gasteiger partial charge in [-0.25, -0.2) is 15.0 Å². The molecule has 0 fully saturated rings. The van der Waals surface area contributed by atoms with Crippen LogP contribution in [0.4, 0.5) is 0 Å². The monoisotopic (exact) mass is 810 g/mol. The van der Waals surface area contributed by atoms with Crippen LogP contribution in [-0.4, -0.2) is 21.5 Å². The fourth-order valence-corrected chi connectivity index (χ4v) is 12.5. The summed E-state index contributed by atoms with van der Waals surface area (Å²) < 4.78 is 7.30. The maximum absolute atomic E-state index is 5.52. The van der Waals surface area contributed by atoms with E-state index in [4.69, 9.17) is 20.0 Å². The van der Waals surface area contributed by atoms with Gasteiger partial charge in [0, 0.05) is 78.6 Å². The average Bonchev–Trinajstić information content (AvgIpc) is 4.00. The molecule has 0 saturated carbocycles. The number of thiophene rings is 3. The Balaban J connectivity index is 1.09. The van der Waals surface area contributed by atoms with Crippen molar-refractivity contribution in [2.45, 2.75) is 19.4 Å². The maximum Gasteiger partial charge on any atom is 0.161 e. The van der Waals surface area contributed by atoms with E-state index < -0.39 is 0 Å². The average molecular weight is 811 g/mol. The van der Waals surface area contributed by atoms with Crippen LogP contribution in [-0.2, 0) is 0 Å². The van der Waals surface area contributed by atoms with E-state index in [1.807, 2.05) is 22.7 Å². The van der Waals surface area contributed by atoms with Gasteiger partial charge in [0.25, 0.3) is 0 Å². The molecule has 2 atom stereocenters. The minimum absolute atomic E-state index is 0.0503. The van der Waals surface area contributed by atoms with Gasteiger partial charge in [0.05, 0.1) is 27.7 Å². The number of nitrogens with zero attached hydrogens (tertiary/aromatic N) is 4. The molecule has 0 aliphatic carbocycles. The van der Waals surface area contributed by atoms with Crippen LogP contribution in [0.25, 0.3) is 83.3 Å². The standard InChI is InChI=1S/C52H34N4S3/c1-2-33-45(30-15-5-3-6-16-30)53-51(31-17-7-4-8-18-31)55-47(33)37-22-14-26-43-44(37)39-29-32(27-28-42(39)57-43)46-50-48(36-20-10-12-25-41(36)59-50)56-52(54-46)38-23-13-21-35-34-19-9-11-24-40(34)58-49(35)38/h3-29,33,45H,2H2,1H3. The molecule has 7 heteroatoms. The van der Waals surface area contributed by atoms with E-state index in [1.165, 1.54) is 56.2 Å². The quantitative estimate of drug-likeness (QED) is 0.168. The predicted molar refractivity (Wildman–Crippen MR) is 254 cm³/mol. The third-order valence-corrected chi connectivity index (χ3v) is 15.3. The van der Waals surface area contributed by atoms with E-state index in [0.29, 0.717) is 0 Å². The Kier molecular flexibility index (Phi) is 8.15. The molecule has 0 bridgehead atoms. The number of fused-ring (bicyclic) bond motifs is 9. The highest BCUT2D eigenvalue weighted by Crippen LogP contribution is 2.46. The molecule has 0 N–H and O–H groups in total. The third kappa shape index (κ3) is 5.60. The zero-order valence-electron chi connectivity index (χ0n) is 32.0. The fourth-order valence-electron chi connectivity index (χ4n) is 8.97. The lowest BCUT2D eigenvalue weighted by Gasteiger charge is -2.30. The molecule has 0 amide bonds. The summed E-state index contributed by atoms with van der Waals surface area (Å²) in [5, 5.41) is 6.14. The van der Waals surface area contributed by atoms with Gasteiger partial charge in [-0.2, -0.15) is 0 Å². The van der Waals surface area contributed by atoms with Crippen molar-refractivity contribution in [3.8, 4) is 22.6 Å². The largest absolute Gasteiger partial charge is 0.257 e. The molecule has 4 nitrogen and oxygen atoms in total. The van der Waals surface area contributed by atoms with Crippen LogP contribution >= 0.6 is 34.0 Å². The summed E-state index contributed by atoms with van der Waals surface area (Å²) in [5.41, 5.74) is 8.63. The molecule has 0 spiro atoms. The first-order valence-corrected chi connectivity index (χ1v) is 22.5. The second-order valence-corrected chi connectivity index (χ2v) is 18.3. The Bertz CT molecular complexity index is 3500. The first-order chi connectivity index (χ1) is 29.2. The summed E-state index contributed by atoms with van der Waals surface area (Å²) in [5.74, 6) is 1.64. The van der Waals surface area contributed by atoms with Gasteiger partial charge < -0.3 is 0 Å². The second kappa shape index (κ2) is 13.9. The molecule has 12 rings (SSSR count). The maximum atomic E-state index is 5.52. The number of rotatable bonds is 6. The summed E-state index contributed by atoms with van der Waals surface area (Å²) in [6.07, 6.45) is 0.911. The number of aliphatic imine (C=N–C) groups is 2. The van der Waals surface area contributed by atoms with Crippen LogP contribution in [0.15, 0.2) is 174 Å². The van der Waals surface area contributed by atoms with Crippen LogP contribution in [0, 0.1) is 5.92 Å². The first kappa shape index (κ1) is 34.6. The summed E-state index contributed by atoms with van der Waals surface area (Å²) in [7, 11) is 0. The van der Waals surface area contributed by atoms with E-state index >= 15 is 0 Å². The fraction of sp³-hybridized carbons (Fsp3) is 0.0769. The molecule has 0 saturated heterocycles. The molecular weight excluding hydrogens is 777 g/mol. The number of benzene rings is 7. The third-order valence-electron chi connectivity index (χ3n) is 11.7. The van der Waals surface area contributed by atoms with Crippen molar-refractivity contribution >= 4 is 106 Å². The Morgan fingerprint density at radius 1 is 0.508 bits per heavy atom. The van der Waals surface area contributed by atoms with Gasteiger partial charge in [-0.15, -0.1) is 34.0 Å². The molecule has 5 heterocycles. The Hall–Kier alpha value is -6.38. The van der Waals surface area contributed by atoms with Crippen molar-refractivity contribution in [2.75, 3.05) is 0 Å². The molecule has 7 aromatic carbocycles. The van der Waals surface area contributed by atoms with Gasteiger partial charge in [0.2, 0.25) is 0 Å². The van der Waals surface area contributed by atoms with Gasteiger partial charge in [-0.05, 0) is 48.4 Å². The lowest BCUT2D eigenvalue weighted by Crippen LogP contribution is -2.28. The second-order valence-electron chi connectivity index (χ2n) is 15.1. The number of amidine groups is 1. The number of aromatic nitrogens is 2. The summed E-state index contributed by atoms with van der Waals surface area (Å²) in [4.78, 5) is 21.7. The van der Waals surface area contributed by atoms with Crippen molar-refractivity contribution in [3.63, 3.8) is 0 Å². The molecular formula is C52H34N4S3. The van der Waals surface area contributed by atoms with Crippen molar-refractivity contribution in [2.24, 2.45) is 15.9 Å². The summed E-state index contributed by atoms with van der Waals surface area (Å²) >= 11 is 5.44. The summed E-state index contributed by atoms with van der Waals surface area (Å²) in [6.45, 7) is 2.27. The predicted octanol–water partition coefficient (Wildman–Crippen LogP) is 14.9. The minimum atomic E-state index is -0.0503. The van der Waals surface area contributed by atoms with Gasteiger partial charge in [-0.1, -0.05) is 134 Å². The van der Waals surface area contributed by atoms with Crippen LogP contribution in [0.2, 0.25) is 0 Å². The highest BCUT2D eigenvalue weighted by atomic mass is 32.1. The van der Waals surface area contributed by atoms with Crippen LogP contribution in [0.3, 0.4) is 0 Å². The molecule has 2 unspecified atom stereocenters. The SMILES string of the molecule is CCC1C(c2cccc3sc4ccc(-c5nc(-c6cccc7c6sc6ccccc67)nc6c5sc5ccccc56)cc4c23)=NC(c2ccccc2)=NC1c1ccccc1. The molecule has 1 aliphatic heterocycles. The van der Waals surface area contributed by atoms with Crippen LogP contribution < -0.4 is 0 Å². The van der Waals surface area contributed by atoms with Crippen LogP contribution in [0.5, 0.6) is 0 Å². The molecule has 0 radical (unpaired) electrons. The topological polar surface area (TPSA) is 50.5 Å². The van der Waals surface area contributed by atoms with Gasteiger partial charge in [0.15, 0.2) is 11.7 Å². The number of hydrogen-bond acceptors (Lipinski definition) is 7. The highest BCUT2D eigenvalue weighted by molar-refractivity contribution is 7.27.